The van der Waals surface area contributed by atoms with Gasteiger partial charge in [0.25, 0.3) is 0 Å². The summed E-state index contributed by atoms with van der Waals surface area (Å²) in [6, 6.07) is 0. The molecular weight excluding hydrogens is 310 g/mol. The zero-order chi connectivity index (χ0) is 16.9. The van der Waals surface area contributed by atoms with Crippen molar-refractivity contribution in [3.63, 3.8) is 0 Å². The topological polar surface area (TPSA) is 82.4 Å². The molecule has 0 bridgehead atoms. The number of aromatic nitrogens is 4. The number of carbonyl (C=O) groups is 1. The second kappa shape index (κ2) is 7.39. The van der Waals surface area contributed by atoms with Crippen LogP contribution in [-0.4, -0.2) is 53.0 Å². The number of nitrogens with zero attached hydrogens (tertiary/aromatic N) is 5. The van der Waals surface area contributed by atoms with E-state index in [0.29, 0.717) is 17.8 Å². The second-order valence-electron chi connectivity index (χ2n) is 5.67. The third-order valence-corrected chi connectivity index (χ3v) is 4.05. The fraction of sp³-hybridized carbons (Fsp3) is 0.500. The van der Waals surface area contributed by atoms with Crippen LogP contribution < -0.4 is 4.90 Å². The summed E-state index contributed by atoms with van der Waals surface area (Å²) in [5, 5.41) is 4.27. The van der Waals surface area contributed by atoms with E-state index in [1.165, 1.54) is 26.1 Å². The quantitative estimate of drug-likeness (QED) is 0.737. The summed E-state index contributed by atoms with van der Waals surface area (Å²) in [4.78, 5) is 22.9. The molecule has 0 aliphatic carbocycles. The molecule has 0 atom stereocenters. The number of anilines is 1. The normalized spacial score (nSPS) is 14.2. The van der Waals surface area contributed by atoms with E-state index in [9.17, 15) is 4.79 Å². The molecule has 0 spiro atoms. The maximum absolute atomic E-state index is 11.8. The number of hydrogen-bond acceptors (Lipinski definition) is 7. The van der Waals surface area contributed by atoms with Gasteiger partial charge < -0.3 is 14.4 Å². The fourth-order valence-corrected chi connectivity index (χ4v) is 2.80. The van der Waals surface area contributed by atoms with E-state index in [-0.39, 0.29) is 6.61 Å². The zero-order valence-corrected chi connectivity index (χ0v) is 13.9. The minimum absolute atomic E-state index is 0.275. The van der Waals surface area contributed by atoms with Crippen molar-refractivity contribution < 1.29 is 14.3 Å². The molecule has 3 rings (SSSR count). The van der Waals surface area contributed by atoms with Gasteiger partial charge in [-0.1, -0.05) is 0 Å². The third kappa shape index (κ3) is 3.38. The van der Waals surface area contributed by atoms with Gasteiger partial charge >= 0.3 is 5.97 Å². The van der Waals surface area contributed by atoms with Crippen LogP contribution in [0.2, 0.25) is 0 Å². The van der Waals surface area contributed by atoms with E-state index in [0.717, 1.165) is 24.6 Å². The van der Waals surface area contributed by atoms with Crippen LogP contribution in [0.25, 0.3) is 0 Å². The van der Waals surface area contributed by atoms with Gasteiger partial charge in [-0.3, -0.25) is 4.68 Å². The lowest BCUT2D eigenvalue weighted by Gasteiger charge is -2.15. The molecule has 0 saturated carbocycles. The van der Waals surface area contributed by atoms with E-state index in [4.69, 9.17) is 9.47 Å². The number of carbonyl (C=O) groups excluding carboxylic acids is 1. The molecule has 1 aliphatic rings. The zero-order valence-electron chi connectivity index (χ0n) is 13.9. The van der Waals surface area contributed by atoms with Crippen LogP contribution in [0.4, 0.5) is 5.95 Å². The van der Waals surface area contributed by atoms with Gasteiger partial charge in [0, 0.05) is 38.2 Å². The summed E-state index contributed by atoms with van der Waals surface area (Å²) in [5.41, 5.74) is 2.00. The standard InChI is InChI=1S/C16H21N5O3/c1-23-11-14-13(15(22)24-2)9-19-21(14)10-12-7-17-16(18-8-12)20-5-3-4-6-20/h7-9H,3-6,10-11H2,1-2H3. The molecule has 0 radical (unpaired) electrons. The average Bonchev–Trinajstić information content (AvgIpc) is 3.26. The average molecular weight is 331 g/mol. The van der Waals surface area contributed by atoms with Gasteiger partial charge in [-0.25, -0.2) is 14.8 Å². The summed E-state index contributed by atoms with van der Waals surface area (Å²) < 4.78 is 11.7. The SMILES string of the molecule is COCc1c(C(=O)OC)cnn1Cc1cnc(N2CCCC2)nc1. The van der Waals surface area contributed by atoms with Gasteiger partial charge in [0.2, 0.25) is 5.95 Å². The van der Waals surface area contributed by atoms with Crippen molar-refractivity contribution >= 4 is 11.9 Å². The van der Waals surface area contributed by atoms with Gasteiger partial charge in [0.15, 0.2) is 0 Å². The van der Waals surface area contributed by atoms with Gasteiger partial charge in [-0.05, 0) is 12.8 Å². The van der Waals surface area contributed by atoms with E-state index < -0.39 is 5.97 Å². The summed E-state index contributed by atoms with van der Waals surface area (Å²) in [6.45, 7) is 2.77. The molecule has 0 aromatic carbocycles. The highest BCUT2D eigenvalue weighted by atomic mass is 16.5. The number of ether oxygens (including phenoxy) is 2. The molecule has 2 aromatic heterocycles. The van der Waals surface area contributed by atoms with Crippen molar-refractivity contribution in [3.8, 4) is 0 Å². The number of rotatable bonds is 6. The molecule has 2 aromatic rings. The van der Waals surface area contributed by atoms with E-state index in [1.54, 1.807) is 24.2 Å². The van der Waals surface area contributed by atoms with Crippen LogP contribution in [-0.2, 0) is 22.6 Å². The Morgan fingerprint density at radius 3 is 2.50 bits per heavy atom. The molecule has 0 unspecified atom stereocenters. The first kappa shape index (κ1) is 16.4. The Kier molecular flexibility index (Phi) is 5.05. The fourth-order valence-electron chi connectivity index (χ4n) is 2.80. The highest BCUT2D eigenvalue weighted by Crippen LogP contribution is 2.16. The summed E-state index contributed by atoms with van der Waals surface area (Å²) in [5.74, 6) is 0.345. The Hall–Kier alpha value is -2.48. The summed E-state index contributed by atoms with van der Waals surface area (Å²) in [7, 11) is 2.92. The molecule has 0 N–H and O–H groups in total. The van der Waals surface area contributed by atoms with Crippen molar-refractivity contribution in [2.75, 3.05) is 32.2 Å². The van der Waals surface area contributed by atoms with E-state index >= 15 is 0 Å². The minimum atomic E-state index is -0.422. The molecule has 128 valence electrons. The first-order valence-corrected chi connectivity index (χ1v) is 7.90. The maximum atomic E-state index is 11.8. The largest absolute Gasteiger partial charge is 0.465 e. The highest BCUT2D eigenvalue weighted by molar-refractivity contribution is 5.90. The van der Waals surface area contributed by atoms with Gasteiger partial charge in [0.1, 0.15) is 5.56 Å². The first-order chi connectivity index (χ1) is 11.7. The van der Waals surface area contributed by atoms with Crippen LogP contribution in [0.3, 0.4) is 0 Å². The Morgan fingerprint density at radius 2 is 1.88 bits per heavy atom. The van der Waals surface area contributed by atoms with Gasteiger partial charge in [-0.2, -0.15) is 5.10 Å². The van der Waals surface area contributed by atoms with Crippen molar-refractivity contribution in [2.45, 2.75) is 26.0 Å². The number of hydrogen-bond donors (Lipinski definition) is 0. The molecule has 0 amide bonds. The monoisotopic (exact) mass is 331 g/mol. The first-order valence-electron chi connectivity index (χ1n) is 7.90. The lowest BCUT2D eigenvalue weighted by Crippen LogP contribution is -2.20. The molecule has 1 fully saturated rings. The van der Waals surface area contributed by atoms with Crippen molar-refractivity contribution in [1.82, 2.24) is 19.7 Å². The predicted octanol–water partition coefficient (Wildman–Crippen LogP) is 1.25. The Morgan fingerprint density at radius 1 is 1.17 bits per heavy atom. The number of methoxy groups -OCH3 is 2. The van der Waals surface area contributed by atoms with E-state index in [1.807, 2.05) is 0 Å². The van der Waals surface area contributed by atoms with Crippen LogP contribution in [0.15, 0.2) is 18.6 Å². The molecule has 1 saturated heterocycles. The van der Waals surface area contributed by atoms with Gasteiger partial charge in [0.05, 0.1) is 32.2 Å². The smallest absolute Gasteiger partial charge is 0.341 e. The minimum Gasteiger partial charge on any atom is -0.465 e. The predicted molar refractivity (Wildman–Crippen MR) is 86.9 cm³/mol. The Labute approximate surface area is 140 Å². The van der Waals surface area contributed by atoms with Crippen molar-refractivity contribution in [3.05, 3.63) is 35.4 Å². The molecule has 8 nitrogen and oxygen atoms in total. The Balaban J connectivity index is 1.77. The lowest BCUT2D eigenvalue weighted by molar-refractivity contribution is 0.0595. The molecule has 3 heterocycles. The van der Waals surface area contributed by atoms with Crippen LogP contribution >= 0.6 is 0 Å². The molecule has 1 aliphatic heterocycles. The lowest BCUT2D eigenvalue weighted by atomic mass is 10.2. The number of esters is 1. The van der Waals surface area contributed by atoms with Crippen LogP contribution in [0, 0.1) is 0 Å². The van der Waals surface area contributed by atoms with Gasteiger partial charge in [-0.15, -0.1) is 0 Å². The molecular formula is C16H21N5O3. The molecule has 24 heavy (non-hydrogen) atoms. The van der Waals surface area contributed by atoms with Crippen molar-refractivity contribution in [2.24, 2.45) is 0 Å². The molecule has 8 heteroatoms. The van der Waals surface area contributed by atoms with E-state index in [2.05, 4.69) is 20.0 Å². The maximum Gasteiger partial charge on any atom is 0.341 e. The Bertz CT molecular complexity index is 692. The van der Waals surface area contributed by atoms with Crippen LogP contribution in [0.5, 0.6) is 0 Å². The van der Waals surface area contributed by atoms with Crippen LogP contribution in [0.1, 0.15) is 34.5 Å². The second-order valence-corrected chi connectivity index (χ2v) is 5.67. The highest BCUT2D eigenvalue weighted by Gasteiger charge is 2.19. The summed E-state index contributed by atoms with van der Waals surface area (Å²) in [6.07, 6.45) is 7.48. The van der Waals surface area contributed by atoms with Crippen molar-refractivity contribution in [1.29, 1.82) is 0 Å². The third-order valence-electron chi connectivity index (χ3n) is 4.05. The summed E-state index contributed by atoms with van der Waals surface area (Å²) >= 11 is 0.